The average Bonchev–Trinajstić information content (AvgIpc) is 3.41. The van der Waals surface area contributed by atoms with Crippen LogP contribution in [0.2, 0.25) is 0 Å². The lowest BCUT2D eigenvalue weighted by atomic mass is 10.0. The van der Waals surface area contributed by atoms with Crippen molar-refractivity contribution in [2.24, 2.45) is 0 Å². The summed E-state index contributed by atoms with van der Waals surface area (Å²) in [5.74, 6) is -0.857. The lowest BCUT2D eigenvalue weighted by molar-refractivity contribution is -0.167. The van der Waals surface area contributed by atoms with Gasteiger partial charge in [-0.1, -0.05) is 326 Å². The van der Waals surface area contributed by atoms with Crippen LogP contribution in [0, 0.1) is 0 Å². The van der Waals surface area contributed by atoms with E-state index in [9.17, 15) is 14.4 Å². The zero-order valence-corrected chi connectivity index (χ0v) is 50.3. The van der Waals surface area contributed by atoms with E-state index in [1.807, 2.05) is 0 Å². The number of esters is 3. The van der Waals surface area contributed by atoms with Gasteiger partial charge in [0.25, 0.3) is 0 Å². The van der Waals surface area contributed by atoms with Crippen molar-refractivity contribution in [1.82, 2.24) is 0 Å². The van der Waals surface area contributed by atoms with Crippen LogP contribution in [-0.4, -0.2) is 37.2 Å². The summed E-state index contributed by atoms with van der Waals surface area (Å²) >= 11 is 0. The molecular weight excluding hydrogens is 925 g/mol. The van der Waals surface area contributed by atoms with Gasteiger partial charge in [0.1, 0.15) is 13.2 Å². The second-order valence-electron chi connectivity index (χ2n) is 22.4. The van der Waals surface area contributed by atoms with Crippen LogP contribution >= 0.6 is 0 Å². The van der Waals surface area contributed by atoms with Crippen molar-refractivity contribution < 1.29 is 28.6 Å². The van der Waals surface area contributed by atoms with Gasteiger partial charge in [-0.05, 0) is 57.8 Å². The van der Waals surface area contributed by atoms with Crippen molar-refractivity contribution in [1.29, 1.82) is 0 Å². The van der Waals surface area contributed by atoms with Crippen LogP contribution in [0.15, 0.2) is 48.6 Å². The van der Waals surface area contributed by atoms with Gasteiger partial charge in [-0.25, -0.2) is 0 Å². The van der Waals surface area contributed by atoms with Crippen molar-refractivity contribution in [3.05, 3.63) is 48.6 Å². The van der Waals surface area contributed by atoms with E-state index in [0.717, 1.165) is 89.9 Å². The van der Waals surface area contributed by atoms with E-state index in [1.165, 1.54) is 225 Å². The topological polar surface area (TPSA) is 78.9 Å². The van der Waals surface area contributed by atoms with Crippen LogP contribution in [-0.2, 0) is 28.6 Å². The predicted molar refractivity (Wildman–Crippen MR) is 325 cm³/mol. The van der Waals surface area contributed by atoms with Gasteiger partial charge in [0, 0.05) is 19.3 Å². The minimum atomic E-state index is -0.775. The van der Waals surface area contributed by atoms with Crippen molar-refractivity contribution in [3.63, 3.8) is 0 Å². The number of allylic oxidation sites excluding steroid dienone is 8. The van der Waals surface area contributed by atoms with Crippen molar-refractivity contribution in [2.75, 3.05) is 13.2 Å². The van der Waals surface area contributed by atoms with E-state index in [1.54, 1.807) is 0 Å². The van der Waals surface area contributed by atoms with Gasteiger partial charge in [-0.2, -0.15) is 0 Å². The van der Waals surface area contributed by atoms with Gasteiger partial charge in [0.2, 0.25) is 0 Å². The molecule has 1 atom stereocenters. The van der Waals surface area contributed by atoms with Gasteiger partial charge >= 0.3 is 17.9 Å². The molecule has 0 saturated heterocycles. The van der Waals surface area contributed by atoms with E-state index in [0.29, 0.717) is 19.3 Å². The Balaban J connectivity index is 4.21. The average molecular weight is 1050 g/mol. The normalized spacial score (nSPS) is 12.3. The SMILES string of the molecule is CC/C=C\C/C=C\C/C=C\C/C=C\CCCCCCCCCCC(=O)OC(COC(=O)CCCCCCCCCCCCC)COC(=O)CCCCCCCCCCCCCCCCCCCCCCCCCCC. The summed E-state index contributed by atoms with van der Waals surface area (Å²) in [5, 5.41) is 0. The number of hydrogen-bond acceptors (Lipinski definition) is 6. The first-order valence-electron chi connectivity index (χ1n) is 33.1. The Morgan fingerprint density at radius 3 is 0.813 bits per heavy atom. The van der Waals surface area contributed by atoms with Crippen molar-refractivity contribution >= 4 is 17.9 Å². The smallest absolute Gasteiger partial charge is 0.306 e. The Morgan fingerprint density at radius 1 is 0.280 bits per heavy atom. The van der Waals surface area contributed by atoms with E-state index >= 15 is 0 Å². The first kappa shape index (κ1) is 72.4. The third-order valence-corrected chi connectivity index (χ3v) is 14.8. The van der Waals surface area contributed by atoms with Gasteiger partial charge in [0.15, 0.2) is 6.10 Å². The van der Waals surface area contributed by atoms with Gasteiger partial charge in [0.05, 0.1) is 0 Å². The van der Waals surface area contributed by atoms with E-state index in [-0.39, 0.29) is 31.1 Å². The minimum absolute atomic E-state index is 0.0714. The number of carbonyl (C=O) groups is 3. The number of carbonyl (C=O) groups excluding carboxylic acids is 3. The molecule has 0 aromatic heterocycles. The molecule has 0 rings (SSSR count). The molecule has 0 aliphatic heterocycles. The molecule has 0 radical (unpaired) electrons. The molecule has 0 N–H and O–H groups in total. The highest BCUT2D eigenvalue weighted by atomic mass is 16.6. The maximum Gasteiger partial charge on any atom is 0.306 e. The molecule has 0 heterocycles. The number of hydrogen-bond donors (Lipinski definition) is 0. The summed E-state index contributed by atoms with van der Waals surface area (Å²) in [5.41, 5.74) is 0. The summed E-state index contributed by atoms with van der Waals surface area (Å²) in [6, 6.07) is 0. The molecule has 75 heavy (non-hydrogen) atoms. The number of unbranched alkanes of at least 4 members (excludes halogenated alkanes) is 42. The third kappa shape index (κ3) is 62.1. The third-order valence-electron chi connectivity index (χ3n) is 14.8. The molecule has 0 spiro atoms. The second kappa shape index (κ2) is 63.9. The molecule has 0 fully saturated rings. The predicted octanol–water partition coefficient (Wildman–Crippen LogP) is 22.6. The van der Waals surface area contributed by atoms with Crippen molar-refractivity contribution in [3.8, 4) is 0 Å². The van der Waals surface area contributed by atoms with E-state index in [4.69, 9.17) is 14.2 Å². The molecular formula is C69H126O6. The summed E-state index contributed by atoms with van der Waals surface area (Å²) < 4.78 is 16.9. The highest BCUT2D eigenvalue weighted by molar-refractivity contribution is 5.71. The van der Waals surface area contributed by atoms with Gasteiger partial charge in [-0.15, -0.1) is 0 Å². The minimum Gasteiger partial charge on any atom is -0.462 e. The molecule has 0 amide bonds. The molecule has 6 nitrogen and oxygen atoms in total. The Hall–Kier alpha value is -2.63. The zero-order valence-electron chi connectivity index (χ0n) is 50.3. The molecule has 438 valence electrons. The fraction of sp³-hybridized carbons (Fsp3) is 0.841. The van der Waals surface area contributed by atoms with Crippen LogP contribution in [0.3, 0.4) is 0 Å². The fourth-order valence-corrected chi connectivity index (χ4v) is 9.91. The number of rotatable bonds is 61. The van der Waals surface area contributed by atoms with Crippen LogP contribution in [0.5, 0.6) is 0 Å². The lowest BCUT2D eigenvalue weighted by Gasteiger charge is -2.18. The molecule has 0 aliphatic carbocycles. The summed E-state index contributed by atoms with van der Waals surface area (Å²) in [6.45, 7) is 6.57. The van der Waals surface area contributed by atoms with Crippen LogP contribution in [0.4, 0.5) is 0 Å². The molecule has 0 bridgehead atoms. The highest BCUT2D eigenvalue weighted by Crippen LogP contribution is 2.18. The Labute approximate surface area is 467 Å². The second-order valence-corrected chi connectivity index (χ2v) is 22.4. The number of ether oxygens (including phenoxy) is 3. The Bertz CT molecular complexity index is 1300. The summed E-state index contributed by atoms with van der Waals surface area (Å²) in [7, 11) is 0. The Morgan fingerprint density at radius 2 is 0.520 bits per heavy atom. The highest BCUT2D eigenvalue weighted by Gasteiger charge is 2.19. The molecule has 6 heteroatoms. The Kier molecular flexibility index (Phi) is 61.7. The van der Waals surface area contributed by atoms with E-state index < -0.39 is 6.10 Å². The lowest BCUT2D eigenvalue weighted by Crippen LogP contribution is -2.30. The molecule has 0 aromatic rings. The summed E-state index contributed by atoms with van der Waals surface area (Å²) in [6.07, 6.45) is 79.9. The van der Waals surface area contributed by atoms with E-state index in [2.05, 4.69) is 69.4 Å². The molecule has 1 unspecified atom stereocenters. The maximum atomic E-state index is 12.9. The molecule has 0 aromatic carbocycles. The maximum absolute atomic E-state index is 12.9. The monoisotopic (exact) mass is 1050 g/mol. The summed E-state index contributed by atoms with van der Waals surface area (Å²) in [4.78, 5) is 38.3. The molecule has 0 aliphatic rings. The van der Waals surface area contributed by atoms with Gasteiger partial charge < -0.3 is 14.2 Å². The quantitative estimate of drug-likeness (QED) is 0.0261. The largest absolute Gasteiger partial charge is 0.462 e. The van der Waals surface area contributed by atoms with Gasteiger partial charge in [-0.3, -0.25) is 14.4 Å². The zero-order chi connectivity index (χ0) is 54.3. The van der Waals surface area contributed by atoms with Crippen molar-refractivity contribution in [2.45, 2.75) is 361 Å². The van der Waals surface area contributed by atoms with Crippen LogP contribution in [0.1, 0.15) is 355 Å². The fourth-order valence-electron chi connectivity index (χ4n) is 9.91. The van der Waals surface area contributed by atoms with Crippen LogP contribution in [0.25, 0.3) is 0 Å². The first-order valence-corrected chi connectivity index (χ1v) is 33.1. The standard InChI is InChI=1S/C69H126O6/c1-4-7-10-13-16-19-22-24-26-28-30-32-33-34-35-37-38-40-42-44-47-50-53-56-59-62-68(71)74-65-66(64-73-67(70)61-58-55-52-49-46-21-18-15-12-9-6-3)75-69(72)63-60-57-54-51-48-45-43-41-39-36-31-29-27-25-23-20-17-14-11-8-5-2/h8,11,17,20,25,27,31,36,66H,4-7,9-10,12-16,18-19,21-24,26,28-30,32-35,37-65H2,1-3H3/b11-8-,20-17-,27-25-,36-31-. The van der Waals surface area contributed by atoms with Crippen LogP contribution < -0.4 is 0 Å². The first-order chi connectivity index (χ1) is 37.0. The molecule has 0 saturated carbocycles.